The van der Waals surface area contributed by atoms with Crippen LogP contribution in [0, 0.1) is 6.92 Å². The summed E-state index contributed by atoms with van der Waals surface area (Å²) in [4.78, 5) is 16.4. The fourth-order valence-corrected chi connectivity index (χ4v) is 2.35. The summed E-state index contributed by atoms with van der Waals surface area (Å²) in [5.74, 6) is 2.09. The Bertz CT molecular complexity index is 875. The van der Waals surface area contributed by atoms with E-state index in [0.717, 1.165) is 22.7 Å². The summed E-state index contributed by atoms with van der Waals surface area (Å²) < 4.78 is 5.17. The van der Waals surface area contributed by atoms with Crippen LogP contribution in [0.2, 0.25) is 0 Å². The summed E-state index contributed by atoms with van der Waals surface area (Å²) in [6, 6.07) is 14.6. The quantitative estimate of drug-likeness (QED) is 0.667. The number of hydrogen-bond acceptors (Lipinski definition) is 4. The van der Waals surface area contributed by atoms with Gasteiger partial charge in [-0.2, -0.15) is 5.10 Å². The van der Waals surface area contributed by atoms with Gasteiger partial charge in [0.05, 0.1) is 7.11 Å². The number of nitrogens with one attached hydrogen (secondary N) is 3. The molecule has 0 aliphatic heterocycles. The van der Waals surface area contributed by atoms with Crippen molar-refractivity contribution >= 4 is 11.7 Å². The topological polar surface area (TPSA) is 91.9 Å². The van der Waals surface area contributed by atoms with Gasteiger partial charge in [0.2, 0.25) is 0 Å². The Morgan fingerprint density at radius 3 is 2.80 bits per heavy atom. The van der Waals surface area contributed by atoms with Gasteiger partial charge >= 0.3 is 6.03 Å². The van der Waals surface area contributed by atoms with Crippen LogP contribution in [0.4, 0.5) is 10.5 Å². The van der Waals surface area contributed by atoms with Crippen LogP contribution in [0.15, 0.2) is 48.5 Å². The molecule has 3 N–H and O–H groups in total. The number of rotatable bonds is 5. The first-order valence-electron chi connectivity index (χ1n) is 7.81. The van der Waals surface area contributed by atoms with E-state index in [0.29, 0.717) is 18.1 Å². The summed E-state index contributed by atoms with van der Waals surface area (Å²) >= 11 is 0. The number of methoxy groups -OCH3 is 1. The van der Waals surface area contributed by atoms with Crippen molar-refractivity contribution in [3.63, 3.8) is 0 Å². The summed E-state index contributed by atoms with van der Waals surface area (Å²) in [7, 11) is 1.61. The van der Waals surface area contributed by atoms with Crippen LogP contribution in [0.25, 0.3) is 11.4 Å². The van der Waals surface area contributed by atoms with Gasteiger partial charge in [0.15, 0.2) is 5.82 Å². The Morgan fingerprint density at radius 1 is 1.20 bits per heavy atom. The van der Waals surface area contributed by atoms with Crippen molar-refractivity contribution in [1.82, 2.24) is 20.5 Å². The monoisotopic (exact) mass is 337 g/mol. The molecule has 25 heavy (non-hydrogen) atoms. The van der Waals surface area contributed by atoms with E-state index in [1.54, 1.807) is 7.11 Å². The lowest BCUT2D eigenvalue weighted by Gasteiger charge is -2.09. The molecule has 2 aromatic carbocycles. The lowest BCUT2D eigenvalue weighted by molar-refractivity contribution is 0.251. The van der Waals surface area contributed by atoms with Crippen LogP contribution in [-0.4, -0.2) is 28.3 Å². The van der Waals surface area contributed by atoms with Crippen molar-refractivity contribution in [2.24, 2.45) is 0 Å². The number of anilines is 1. The fraction of sp³-hybridized carbons (Fsp3) is 0.167. The molecule has 0 aliphatic rings. The number of hydrogen-bond donors (Lipinski definition) is 3. The number of aryl methyl sites for hydroxylation is 1. The number of benzene rings is 2. The number of carbonyl (C=O) groups is 1. The minimum atomic E-state index is -0.286. The molecule has 0 radical (unpaired) electrons. The molecule has 3 aromatic rings. The fourth-order valence-electron chi connectivity index (χ4n) is 2.35. The van der Waals surface area contributed by atoms with Crippen LogP contribution >= 0.6 is 0 Å². The first-order valence-corrected chi connectivity index (χ1v) is 7.81. The molecule has 7 heteroatoms. The predicted molar refractivity (Wildman–Crippen MR) is 95.4 cm³/mol. The zero-order valence-corrected chi connectivity index (χ0v) is 14.0. The molecule has 0 atom stereocenters. The first-order chi connectivity index (χ1) is 12.1. The highest BCUT2D eigenvalue weighted by Crippen LogP contribution is 2.19. The van der Waals surface area contributed by atoms with Crippen molar-refractivity contribution in [2.75, 3.05) is 12.4 Å². The first kappa shape index (κ1) is 16.5. The van der Waals surface area contributed by atoms with Gasteiger partial charge in [-0.3, -0.25) is 5.10 Å². The Morgan fingerprint density at radius 2 is 2.04 bits per heavy atom. The third kappa shape index (κ3) is 4.35. The Kier molecular flexibility index (Phi) is 4.94. The molecule has 0 unspecified atom stereocenters. The Hall–Kier alpha value is -3.35. The molecule has 3 rings (SSSR count). The van der Waals surface area contributed by atoms with Crippen LogP contribution in [0.3, 0.4) is 0 Å². The summed E-state index contributed by atoms with van der Waals surface area (Å²) in [6.45, 7) is 2.24. The number of aromatic nitrogens is 3. The van der Waals surface area contributed by atoms with Crippen molar-refractivity contribution in [2.45, 2.75) is 13.5 Å². The van der Waals surface area contributed by atoms with E-state index in [2.05, 4.69) is 25.8 Å². The van der Waals surface area contributed by atoms with E-state index >= 15 is 0 Å². The molecule has 128 valence electrons. The second-order valence-corrected chi connectivity index (χ2v) is 5.48. The summed E-state index contributed by atoms with van der Waals surface area (Å²) in [5.41, 5.74) is 2.46. The summed E-state index contributed by atoms with van der Waals surface area (Å²) in [5, 5.41) is 12.6. The van der Waals surface area contributed by atoms with E-state index in [9.17, 15) is 4.79 Å². The molecule has 0 saturated heterocycles. The van der Waals surface area contributed by atoms with E-state index < -0.39 is 0 Å². The van der Waals surface area contributed by atoms with Crippen LogP contribution in [-0.2, 0) is 6.54 Å². The maximum absolute atomic E-state index is 12.1. The van der Waals surface area contributed by atoms with Gasteiger partial charge in [0.25, 0.3) is 0 Å². The number of H-pyrrole nitrogens is 1. The molecule has 0 aliphatic carbocycles. The van der Waals surface area contributed by atoms with Gasteiger partial charge in [-0.1, -0.05) is 24.3 Å². The second-order valence-electron chi connectivity index (χ2n) is 5.48. The highest BCUT2D eigenvalue weighted by atomic mass is 16.5. The minimum Gasteiger partial charge on any atom is -0.497 e. The standard InChI is InChI=1S/C18H19N5O2/c1-12-20-17(23-22-12)14-6-4-7-15(10-14)21-18(24)19-11-13-5-3-8-16(9-13)25-2/h3-10H,11H2,1-2H3,(H2,19,21,24)(H,20,22,23). The van der Waals surface area contributed by atoms with Gasteiger partial charge < -0.3 is 15.4 Å². The van der Waals surface area contributed by atoms with E-state index in [-0.39, 0.29) is 6.03 Å². The molecule has 7 nitrogen and oxygen atoms in total. The zero-order valence-electron chi connectivity index (χ0n) is 14.0. The Labute approximate surface area is 145 Å². The predicted octanol–water partition coefficient (Wildman–Crippen LogP) is 3.11. The van der Waals surface area contributed by atoms with E-state index in [4.69, 9.17) is 4.74 Å². The van der Waals surface area contributed by atoms with Gasteiger partial charge in [0.1, 0.15) is 11.6 Å². The minimum absolute atomic E-state index is 0.286. The molecule has 0 saturated carbocycles. The second kappa shape index (κ2) is 7.48. The molecule has 0 bridgehead atoms. The molecule has 0 fully saturated rings. The number of carbonyl (C=O) groups excluding carboxylic acids is 1. The third-order valence-electron chi connectivity index (χ3n) is 3.56. The molecule has 0 spiro atoms. The zero-order chi connectivity index (χ0) is 17.6. The number of nitrogens with zero attached hydrogens (tertiary/aromatic N) is 2. The normalized spacial score (nSPS) is 10.3. The van der Waals surface area contributed by atoms with Crippen molar-refractivity contribution in [3.8, 4) is 17.1 Å². The molecular formula is C18H19N5O2. The highest BCUT2D eigenvalue weighted by Gasteiger charge is 2.07. The lowest BCUT2D eigenvalue weighted by atomic mass is 10.2. The van der Waals surface area contributed by atoms with Crippen LogP contribution < -0.4 is 15.4 Å². The summed E-state index contributed by atoms with van der Waals surface area (Å²) in [6.07, 6.45) is 0. The van der Waals surface area contributed by atoms with Crippen LogP contribution in [0.1, 0.15) is 11.4 Å². The number of aromatic amines is 1. The smallest absolute Gasteiger partial charge is 0.319 e. The number of amides is 2. The molecular weight excluding hydrogens is 318 g/mol. The maximum Gasteiger partial charge on any atom is 0.319 e. The molecule has 2 amide bonds. The Balaban J connectivity index is 1.61. The van der Waals surface area contributed by atoms with Gasteiger partial charge in [-0.25, -0.2) is 9.78 Å². The third-order valence-corrected chi connectivity index (χ3v) is 3.56. The molecule has 1 aromatic heterocycles. The van der Waals surface area contributed by atoms with Crippen LogP contribution in [0.5, 0.6) is 5.75 Å². The highest BCUT2D eigenvalue weighted by molar-refractivity contribution is 5.89. The van der Waals surface area contributed by atoms with Gasteiger partial charge in [0, 0.05) is 17.8 Å². The number of ether oxygens (including phenoxy) is 1. The average Bonchev–Trinajstić information content (AvgIpc) is 3.07. The van der Waals surface area contributed by atoms with Crippen molar-refractivity contribution < 1.29 is 9.53 Å². The molecule has 1 heterocycles. The van der Waals surface area contributed by atoms with Gasteiger partial charge in [-0.05, 0) is 36.8 Å². The van der Waals surface area contributed by atoms with Crippen molar-refractivity contribution in [1.29, 1.82) is 0 Å². The SMILES string of the molecule is COc1cccc(CNC(=O)Nc2cccc(-c3n[nH]c(C)n3)c2)c1. The van der Waals surface area contributed by atoms with E-state index in [1.807, 2.05) is 55.5 Å². The lowest BCUT2D eigenvalue weighted by Crippen LogP contribution is -2.28. The average molecular weight is 337 g/mol. The van der Waals surface area contributed by atoms with Crippen molar-refractivity contribution in [3.05, 3.63) is 59.9 Å². The largest absolute Gasteiger partial charge is 0.497 e. The maximum atomic E-state index is 12.1. The van der Waals surface area contributed by atoms with E-state index in [1.165, 1.54) is 0 Å². The number of urea groups is 1. The van der Waals surface area contributed by atoms with Gasteiger partial charge in [-0.15, -0.1) is 0 Å².